The Hall–Kier alpha value is -9.68. The Labute approximate surface area is 652 Å². The Morgan fingerprint density at radius 2 is 0.843 bits per heavy atom. The molecule has 0 bridgehead atoms. The van der Waals surface area contributed by atoms with E-state index >= 15 is 0 Å². The van der Waals surface area contributed by atoms with Gasteiger partial charge in [-0.05, 0) is 194 Å². The monoisotopic (exact) mass is 1630 g/mol. The Morgan fingerprint density at radius 3 is 1.31 bits per heavy atom. The summed E-state index contributed by atoms with van der Waals surface area (Å²) in [6.45, 7) is 6.55. The Bertz CT molecular complexity index is 5370. The van der Waals surface area contributed by atoms with Crippen molar-refractivity contribution >= 4 is 142 Å². The second-order valence-electron chi connectivity index (χ2n) is 26.0. The third-order valence-electron chi connectivity index (χ3n) is 19.7. The van der Waals surface area contributed by atoms with Gasteiger partial charge in [-0.15, -0.1) is 23.2 Å². The molecule has 0 fully saturated rings. The number of rotatable bonds is 10. The number of nitrogens with one attached hydrogen (secondary N) is 4. The van der Waals surface area contributed by atoms with E-state index in [0.29, 0.717) is 83.5 Å². The lowest BCUT2D eigenvalue weighted by molar-refractivity contribution is 0.0920. The lowest BCUT2D eigenvalue weighted by Crippen LogP contribution is -2.41. The molecule has 4 amide bonds. The smallest absolute Gasteiger partial charge is 0.410 e. The van der Waals surface area contributed by atoms with Gasteiger partial charge < -0.3 is 48.4 Å². The van der Waals surface area contributed by atoms with E-state index in [1.165, 1.54) is 28.2 Å². The van der Waals surface area contributed by atoms with Crippen molar-refractivity contribution in [3.63, 3.8) is 0 Å². The number of fused-ring (bicyclic) bond motifs is 13. The van der Waals surface area contributed by atoms with Crippen molar-refractivity contribution in [2.75, 3.05) is 71.2 Å². The lowest BCUT2D eigenvalue weighted by Gasteiger charge is -2.35. The predicted molar refractivity (Wildman–Crippen MR) is 415 cm³/mol. The van der Waals surface area contributed by atoms with Crippen LogP contribution >= 0.6 is 73.9 Å². The molecule has 4 unspecified atom stereocenters. The zero-order chi connectivity index (χ0) is 75.4. The number of amides is 4. The Balaban J connectivity index is 0.000000121. The minimum atomic E-state index is -0.783. The summed E-state index contributed by atoms with van der Waals surface area (Å²) in [4.78, 5) is 70.8. The molecule has 17 rings (SSSR count). The fraction of sp³-hybridized carbons (Fsp3) is 0.259. The van der Waals surface area contributed by atoms with E-state index < -0.39 is 35.9 Å². The van der Waals surface area contributed by atoms with Crippen molar-refractivity contribution in [2.45, 2.75) is 63.7 Å². The molecule has 0 spiro atoms. The number of hydrogen-bond donors (Lipinski definition) is 4. The van der Waals surface area contributed by atoms with Gasteiger partial charge in [0.05, 0.1) is 25.0 Å². The molecular formula is C81H71BrCl5F3N8O10. The van der Waals surface area contributed by atoms with Crippen molar-refractivity contribution in [3.8, 4) is 11.5 Å². The van der Waals surface area contributed by atoms with E-state index in [0.717, 1.165) is 118 Å². The van der Waals surface area contributed by atoms with Gasteiger partial charge in [0.2, 0.25) is 6.79 Å². The molecule has 8 aromatic carbocycles. The number of nitrogens with zero attached hydrogens (tertiary/aromatic N) is 4. The van der Waals surface area contributed by atoms with Crippen LogP contribution in [0.3, 0.4) is 0 Å². The maximum absolute atomic E-state index is 14.6. The molecule has 5 aliphatic heterocycles. The number of H-pyrrole nitrogens is 4. The molecule has 4 N–H and O–H groups in total. The van der Waals surface area contributed by atoms with Gasteiger partial charge in [-0.1, -0.05) is 99.3 Å². The molecule has 5 aliphatic rings. The fourth-order valence-electron chi connectivity index (χ4n) is 15.1. The first-order valence-corrected chi connectivity index (χ1v) is 38.1. The highest BCUT2D eigenvalue weighted by Gasteiger charge is 2.41. The zero-order valence-corrected chi connectivity index (χ0v) is 63.6. The highest BCUT2D eigenvalue weighted by atomic mass is 79.9. The van der Waals surface area contributed by atoms with Gasteiger partial charge in [0.15, 0.2) is 11.5 Å². The average molecular weight is 1630 g/mol. The lowest BCUT2D eigenvalue weighted by atomic mass is 9.92. The predicted octanol–water partition coefficient (Wildman–Crippen LogP) is 20.4. The van der Waals surface area contributed by atoms with Gasteiger partial charge in [0.25, 0.3) is 0 Å². The van der Waals surface area contributed by atoms with Crippen molar-refractivity contribution in [3.05, 3.63) is 268 Å². The fourth-order valence-corrected chi connectivity index (χ4v) is 16.2. The van der Waals surface area contributed by atoms with Crippen LogP contribution in [0.1, 0.15) is 105 Å². The average Bonchev–Trinajstić information content (AvgIpc) is 1.61. The number of carbonyl (C=O) groups is 4. The van der Waals surface area contributed by atoms with Crippen molar-refractivity contribution in [1.82, 2.24) is 39.5 Å². The van der Waals surface area contributed by atoms with Gasteiger partial charge in [0, 0.05) is 118 Å². The molecule has 0 saturated carbocycles. The van der Waals surface area contributed by atoms with E-state index in [-0.39, 0.29) is 74.0 Å². The largest absolute Gasteiger partial charge is 0.454 e. The molecule has 9 heterocycles. The summed E-state index contributed by atoms with van der Waals surface area (Å²) >= 11 is 33.4. The zero-order valence-electron chi connectivity index (χ0n) is 58.3. The second kappa shape index (κ2) is 33.0. The third-order valence-corrected chi connectivity index (χ3v) is 21.2. The normalized spacial score (nSPS) is 16.8. The summed E-state index contributed by atoms with van der Waals surface area (Å²) in [6, 6.07) is 46.7. The van der Waals surface area contributed by atoms with Crippen LogP contribution in [0.4, 0.5) is 32.3 Å². The summed E-state index contributed by atoms with van der Waals surface area (Å²) in [5.74, 6) is 0.433. The van der Waals surface area contributed by atoms with E-state index in [4.69, 9.17) is 86.4 Å². The number of aromatic nitrogens is 4. The molecule has 0 radical (unpaired) electrons. The number of halogens is 9. The van der Waals surface area contributed by atoms with E-state index in [1.807, 2.05) is 134 Å². The van der Waals surface area contributed by atoms with Crippen LogP contribution in [0.5, 0.6) is 11.5 Å². The molecule has 18 nitrogen and oxygen atoms in total. The minimum absolute atomic E-state index is 0.106. The number of ether oxygens (including phenoxy) is 6. The molecular weight excluding hydrogens is 1560 g/mol. The van der Waals surface area contributed by atoms with Gasteiger partial charge >= 0.3 is 24.4 Å². The first kappa shape index (κ1) is 75.1. The first-order chi connectivity index (χ1) is 52.4. The molecule has 4 atom stereocenters. The maximum Gasteiger partial charge on any atom is 0.410 e. The quantitative estimate of drug-likeness (QED) is 0.0754. The molecule has 108 heavy (non-hydrogen) atoms. The van der Waals surface area contributed by atoms with Gasteiger partial charge in [-0.25, -0.2) is 32.3 Å². The maximum atomic E-state index is 14.6. The Morgan fingerprint density at radius 1 is 0.435 bits per heavy atom. The topological polar surface area (TPSA) is 200 Å². The molecule has 27 heteroatoms. The first-order valence-electron chi connectivity index (χ1n) is 35.1. The minimum Gasteiger partial charge on any atom is -0.454 e. The van der Waals surface area contributed by atoms with Gasteiger partial charge in [0.1, 0.15) is 54.8 Å². The molecule has 558 valence electrons. The van der Waals surface area contributed by atoms with E-state index in [1.54, 1.807) is 27.7 Å². The van der Waals surface area contributed by atoms with Crippen LogP contribution in [0.2, 0.25) is 15.1 Å². The van der Waals surface area contributed by atoms with Crippen LogP contribution < -0.4 is 9.47 Å². The number of benzene rings is 8. The number of carbonyl (C=O) groups excluding carboxylic acids is 4. The van der Waals surface area contributed by atoms with E-state index in [2.05, 4.69) is 35.9 Å². The molecule has 0 saturated heterocycles. The summed E-state index contributed by atoms with van der Waals surface area (Å²) < 4.78 is 75.4. The highest BCUT2D eigenvalue weighted by molar-refractivity contribution is 9.10. The van der Waals surface area contributed by atoms with Crippen molar-refractivity contribution in [2.24, 2.45) is 0 Å². The highest BCUT2D eigenvalue weighted by Crippen LogP contribution is 2.46. The number of aromatic amines is 4. The molecule has 0 aliphatic carbocycles. The number of hydrogen-bond acceptors (Lipinski definition) is 10. The van der Waals surface area contributed by atoms with Crippen LogP contribution in [-0.4, -0.2) is 135 Å². The van der Waals surface area contributed by atoms with Crippen LogP contribution in [0, 0.1) is 17.5 Å². The van der Waals surface area contributed by atoms with Crippen molar-refractivity contribution < 1.29 is 60.8 Å². The standard InChI is InChI=1S/C21H19ClN2O4.C20H17BrF2N2O2.C20H17Cl2FN2O2.C20H18Cl2N2O2/c1-2-26-21(25)24-8-7-14-15-10-13(22)4-5-16(15)23-19(14)20(24)12-3-6-17-18(9-12)28-11-27-17;1-2-27-20(26)25-8-7-13-14-9-11(21)3-6-17(14)24-18(13)19(25)15-10-12(22)4-5-16(15)23;21-7-9-27-20(26)25-8-6-15-16-11-13(22)4-5-17(16)24-18(15)19(25)12-2-1-3-14(23)10-12;21-9-11-26-20(25)24-10-8-15-16-12-14(22)6-7-17(16)23-18(15)19(24)13-4-2-1-3-5-13/h3-6,9-10,20,23H,2,7-8,11H2,1H3;3-6,9-10,19,24H,2,7-8H2,1H3;1-5,10-11,19,24H,6-9H2;1-7,12,19,23H,8-11H2. The van der Waals surface area contributed by atoms with Gasteiger partial charge in [-0.3, -0.25) is 19.6 Å². The third kappa shape index (κ3) is 15.4. The van der Waals surface area contributed by atoms with Crippen molar-refractivity contribution in [1.29, 1.82) is 0 Å². The van der Waals surface area contributed by atoms with Gasteiger partial charge in [-0.2, -0.15) is 0 Å². The summed E-state index contributed by atoms with van der Waals surface area (Å²) in [5.41, 5.74) is 14.6. The number of alkyl halides is 2. The summed E-state index contributed by atoms with van der Waals surface area (Å²) in [5, 5.41) is 6.29. The Kier molecular flexibility index (Phi) is 23.0. The molecule has 4 aromatic heterocycles. The van der Waals surface area contributed by atoms with Crippen LogP contribution in [0.25, 0.3) is 43.6 Å². The SMILES string of the molecule is CCOC(=O)N1CCc2c([nH]c3ccc(Br)cc23)C1c1cc(F)ccc1F.CCOC(=O)N1CCc2c([nH]c3ccc(Cl)cc23)C1c1ccc2c(c1)OCO2.O=C(OCCCl)N1CCc2c([nH]c3ccc(Cl)cc23)C1c1cccc(F)c1.O=C(OCCCl)N1CCc2c([nH]c3ccc(Cl)cc23)C1c1ccccc1. The van der Waals surface area contributed by atoms with Crippen LogP contribution in [0.15, 0.2) is 168 Å². The summed E-state index contributed by atoms with van der Waals surface area (Å²) in [7, 11) is 0. The molecule has 12 aromatic rings. The summed E-state index contributed by atoms with van der Waals surface area (Å²) in [6.07, 6.45) is 1.04. The second-order valence-corrected chi connectivity index (χ2v) is 28.9. The van der Waals surface area contributed by atoms with Crippen LogP contribution in [-0.2, 0) is 44.6 Å². The van der Waals surface area contributed by atoms with E-state index in [9.17, 15) is 32.3 Å².